The molecule has 9 nitrogen and oxygen atoms in total. The highest BCUT2D eigenvalue weighted by Gasteiger charge is 2.18. The second-order valence-corrected chi connectivity index (χ2v) is 6.98. The summed E-state index contributed by atoms with van der Waals surface area (Å²) in [5.41, 5.74) is 3.46. The summed E-state index contributed by atoms with van der Waals surface area (Å²) >= 11 is 1.14. The van der Waals surface area contributed by atoms with Crippen molar-refractivity contribution in [2.75, 3.05) is 5.32 Å². The molecular formula is C18H17FN8OS. The Labute approximate surface area is 169 Å². The van der Waals surface area contributed by atoms with Gasteiger partial charge in [0.1, 0.15) is 5.82 Å². The zero-order valence-electron chi connectivity index (χ0n) is 15.7. The molecule has 0 bridgehead atoms. The van der Waals surface area contributed by atoms with Crippen LogP contribution in [0.2, 0.25) is 0 Å². The number of carbonyl (C=O) groups excluding carboxylic acids is 1. The second-order valence-electron chi connectivity index (χ2n) is 6.45. The van der Waals surface area contributed by atoms with Gasteiger partial charge in [0, 0.05) is 11.8 Å². The molecule has 0 fully saturated rings. The van der Waals surface area contributed by atoms with Crippen LogP contribution in [0.15, 0.2) is 36.7 Å². The van der Waals surface area contributed by atoms with E-state index in [1.54, 1.807) is 40.7 Å². The molecule has 0 aliphatic heterocycles. The van der Waals surface area contributed by atoms with Crippen LogP contribution in [0.3, 0.4) is 0 Å². The molecule has 3 heterocycles. The van der Waals surface area contributed by atoms with E-state index >= 15 is 0 Å². The summed E-state index contributed by atoms with van der Waals surface area (Å²) in [6, 6.07) is 6.49. The Morgan fingerprint density at radius 1 is 1.21 bits per heavy atom. The molecule has 0 aliphatic rings. The van der Waals surface area contributed by atoms with Crippen molar-refractivity contribution in [1.29, 1.82) is 0 Å². The third-order valence-corrected chi connectivity index (χ3v) is 5.08. The fraction of sp³-hybridized carbons (Fsp3) is 0.222. The SMILES string of the molecule is Cc1nsnc1Cn1nnc(C(=O)Nc2cnn(Cc3ccccc3F)c2)c1C. The number of nitrogens with zero attached hydrogens (tertiary/aromatic N) is 7. The molecule has 0 saturated carbocycles. The molecule has 1 N–H and O–H groups in total. The molecule has 4 rings (SSSR count). The van der Waals surface area contributed by atoms with Gasteiger partial charge in [-0.25, -0.2) is 9.07 Å². The van der Waals surface area contributed by atoms with Gasteiger partial charge in [-0.2, -0.15) is 13.8 Å². The molecule has 0 radical (unpaired) electrons. The number of hydrogen-bond acceptors (Lipinski definition) is 7. The minimum atomic E-state index is -0.396. The number of hydrogen-bond donors (Lipinski definition) is 1. The van der Waals surface area contributed by atoms with Crippen molar-refractivity contribution in [3.05, 3.63) is 70.8 Å². The van der Waals surface area contributed by atoms with Crippen molar-refractivity contribution in [3.63, 3.8) is 0 Å². The number of rotatable bonds is 6. The first-order valence-electron chi connectivity index (χ1n) is 8.76. The molecule has 0 unspecified atom stereocenters. The van der Waals surface area contributed by atoms with E-state index in [2.05, 4.69) is 29.5 Å². The molecule has 4 aromatic rings. The van der Waals surface area contributed by atoms with Gasteiger partial charge in [0.15, 0.2) is 5.69 Å². The van der Waals surface area contributed by atoms with Crippen LogP contribution >= 0.6 is 11.7 Å². The molecule has 3 aromatic heterocycles. The topological polar surface area (TPSA) is 103 Å². The smallest absolute Gasteiger partial charge is 0.278 e. The molecule has 11 heteroatoms. The third-order valence-electron chi connectivity index (χ3n) is 4.42. The number of carbonyl (C=O) groups is 1. The van der Waals surface area contributed by atoms with Gasteiger partial charge in [-0.05, 0) is 19.9 Å². The second kappa shape index (κ2) is 7.87. The minimum absolute atomic E-state index is 0.215. The Bertz CT molecular complexity index is 1160. The number of anilines is 1. The average Bonchev–Trinajstić information content (AvgIpc) is 3.40. The Hall–Kier alpha value is -3.47. The molecule has 148 valence electrons. The van der Waals surface area contributed by atoms with Crippen LogP contribution in [-0.2, 0) is 13.1 Å². The van der Waals surface area contributed by atoms with Gasteiger partial charge >= 0.3 is 0 Å². The van der Waals surface area contributed by atoms with Crippen LogP contribution in [0.25, 0.3) is 0 Å². The summed E-state index contributed by atoms with van der Waals surface area (Å²) in [7, 11) is 0. The number of halogens is 1. The highest BCUT2D eigenvalue weighted by Crippen LogP contribution is 2.14. The van der Waals surface area contributed by atoms with Gasteiger partial charge in [0.05, 0.1) is 53.8 Å². The monoisotopic (exact) mass is 412 g/mol. The van der Waals surface area contributed by atoms with Crippen molar-refractivity contribution >= 4 is 23.3 Å². The first kappa shape index (κ1) is 18.9. The highest BCUT2D eigenvalue weighted by atomic mass is 32.1. The predicted molar refractivity (Wildman–Crippen MR) is 104 cm³/mol. The number of aromatic nitrogens is 7. The van der Waals surface area contributed by atoms with E-state index in [0.717, 1.165) is 23.1 Å². The molecular weight excluding hydrogens is 395 g/mol. The van der Waals surface area contributed by atoms with Crippen LogP contribution in [0.5, 0.6) is 0 Å². The fourth-order valence-corrected chi connectivity index (χ4v) is 3.32. The molecule has 0 spiro atoms. The van der Waals surface area contributed by atoms with Crippen LogP contribution in [0.1, 0.15) is 33.1 Å². The molecule has 29 heavy (non-hydrogen) atoms. The Morgan fingerprint density at radius 2 is 2.03 bits per heavy atom. The van der Waals surface area contributed by atoms with E-state index < -0.39 is 5.91 Å². The number of amides is 1. The van der Waals surface area contributed by atoms with Gasteiger partial charge in [-0.3, -0.25) is 9.48 Å². The zero-order chi connectivity index (χ0) is 20.4. The van der Waals surface area contributed by atoms with E-state index in [9.17, 15) is 9.18 Å². The summed E-state index contributed by atoms with van der Waals surface area (Å²) in [6.07, 6.45) is 3.14. The Kier molecular flexibility index (Phi) is 5.12. The van der Waals surface area contributed by atoms with E-state index in [-0.39, 0.29) is 18.1 Å². The molecule has 1 amide bonds. The fourth-order valence-electron chi connectivity index (χ4n) is 2.76. The average molecular weight is 412 g/mol. The van der Waals surface area contributed by atoms with Crippen LogP contribution in [-0.4, -0.2) is 39.4 Å². The molecule has 0 aliphatic carbocycles. The van der Waals surface area contributed by atoms with Gasteiger partial charge in [0.25, 0.3) is 5.91 Å². The first-order valence-corrected chi connectivity index (χ1v) is 9.49. The van der Waals surface area contributed by atoms with Crippen LogP contribution in [0.4, 0.5) is 10.1 Å². The minimum Gasteiger partial charge on any atom is -0.318 e. The number of benzene rings is 1. The molecule has 1 aromatic carbocycles. The number of aryl methyl sites for hydroxylation is 1. The van der Waals surface area contributed by atoms with Gasteiger partial charge in [0.2, 0.25) is 0 Å². The van der Waals surface area contributed by atoms with Crippen LogP contribution in [0, 0.1) is 19.7 Å². The van der Waals surface area contributed by atoms with Crippen molar-refractivity contribution in [3.8, 4) is 0 Å². The summed E-state index contributed by atoms with van der Waals surface area (Å²) < 4.78 is 25.3. The summed E-state index contributed by atoms with van der Waals surface area (Å²) in [4.78, 5) is 12.6. The lowest BCUT2D eigenvalue weighted by molar-refractivity contribution is 0.102. The van der Waals surface area contributed by atoms with Crippen molar-refractivity contribution in [1.82, 2.24) is 33.5 Å². The zero-order valence-corrected chi connectivity index (χ0v) is 16.5. The lowest BCUT2D eigenvalue weighted by Gasteiger charge is -2.04. The summed E-state index contributed by atoms with van der Waals surface area (Å²) in [5.74, 6) is -0.696. The maximum Gasteiger partial charge on any atom is 0.278 e. The number of nitrogens with one attached hydrogen (secondary N) is 1. The standard InChI is InChI=1S/C18H17FN8OS/c1-11-16(24-29-23-11)10-27-12(2)17(22-25-27)18(28)21-14-7-20-26(9-14)8-13-5-3-4-6-15(13)19/h3-7,9H,8,10H2,1-2H3,(H,21,28). The van der Waals surface area contributed by atoms with Gasteiger partial charge < -0.3 is 5.32 Å². The van der Waals surface area contributed by atoms with Gasteiger partial charge in [-0.15, -0.1) is 5.10 Å². The summed E-state index contributed by atoms with van der Waals surface area (Å²) in [6.45, 7) is 4.30. The van der Waals surface area contributed by atoms with E-state index in [1.165, 1.54) is 12.3 Å². The predicted octanol–water partition coefficient (Wildman–Crippen LogP) is 2.43. The van der Waals surface area contributed by atoms with Crippen molar-refractivity contribution in [2.24, 2.45) is 0 Å². The molecule has 0 saturated heterocycles. The Morgan fingerprint density at radius 3 is 2.79 bits per heavy atom. The lowest BCUT2D eigenvalue weighted by Crippen LogP contribution is -2.14. The van der Waals surface area contributed by atoms with E-state index in [1.807, 2.05) is 6.92 Å². The van der Waals surface area contributed by atoms with Crippen molar-refractivity contribution in [2.45, 2.75) is 26.9 Å². The maximum atomic E-state index is 13.8. The van der Waals surface area contributed by atoms with Crippen molar-refractivity contribution < 1.29 is 9.18 Å². The molecule has 0 atom stereocenters. The first-order chi connectivity index (χ1) is 14.0. The Balaban J connectivity index is 1.44. The van der Waals surface area contributed by atoms with E-state index in [4.69, 9.17) is 0 Å². The lowest BCUT2D eigenvalue weighted by atomic mass is 10.2. The maximum absolute atomic E-state index is 13.8. The summed E-state index contributed by atoms with van der Waals surface area (Å²) in [5, 5.41) is 14.9. The largest absolute Gasteiger partial charge is 0.318 e. The highest BCUT2D eigenvalue weighted by molar-refractivity contribution is 6.99. The van der Waals surface area contributed by atoms with Gasteiger partial charge in [-0.1, -0.05) is 23.4 Å². The van der Waals surface area contributed by atoms with Crippen LogP contribution < -0.4 is 5.32 Å². The quantitative estimate of drug-likeness (QED) is 0.522. The normalized spacial score (nSPS) is 11.0. The third kappa shape index (κ3) is 4.04. The van der Waals surface area contributed by atoms with E-state index in [0.29, 0.717) is 23.5 Å².